The molecule has 2 N–H and O–H groups in total. The van der Waals surface area contributed by atoms with Crippen molar-refractivity contribution in [3.8, 4) is 0 Å². The maximum absolute atomic E-state index is 13.7. The number of ether oxygens (including phenoxy) is 1. The van der Waals surface area contributed by atoms with Gasteiger partial charge in [0.1, 0.15) is 5.82 Å². The summed E-state index contributed by atoms with van der Waals surface area (Å²) < 4.78 is 18.8. The summed E-state index contributed by atoms with van der Waals surface area (Å²) >= 11 is 0. The van der Waals surface area contributed by atoms with Gasteiger partial charge in [-0.1, -0.05) is 13.0 Å². The lowest BCUT2D eigenvalue weighted by Crippen LogP contribution is -2.48. The van der Waals surface area contributed by atoms with Crippen molar-refractivity contribution in [2.45, 2.75) is 52.3 Å². The minimum absolute atomic E-state index is 0. The van der Waals surface area contributed by atoms with Crippen LogP contribution in [0.4, 0.5) is 4.39 Å². The van der Waals surface area contributed by atoms with Crippen LogP contribution in [0.25, 0.3) is 0 Å². The number of halogens is 2. The third kappa shape index (κ3) is 8.31. The summed E-state index contributed by atoms with van der Waals surface area (Å²) in [6, 6.07) is 5.56. The molecule has 1 fully saturated rings. The van der Waals surface area contributed by atoms with Gasteiger partial charge >= 0.3 is 0 Å². The van der Waals surface area contributed by atoms with Gasteiger partial charge in [0.15, 0.2) is 5.96 Å². The summed E-state index contributed by atoms with van der Waals surface area (Å²) in [6.07, 6.45) is 3.49. The number of rotatable bonds is 8. The highest BCUT2D eigenvalue weighted by Crippen LogP contribution is 2.13. The summed E-state index contributed by atoms with van der Waals surface area (Å²) in [5, 5.41) is 6.87. The van der Waals surface area contributed by atoms with Crippen LogP contribution in [0, 0.1) is 5.82 Å². The number of hydrogen-bond donors (Lipinski definition) is 2. The zero-order chi connectivity index (χ0) is 18.8. The molecule has 5 nitrogen and oxygen atoms in total. The van der Waals surface area contributed by atoms with Crippen molar-refractivity contribution >= 4 is 29.9 Å². The first-order valence-electron chi connectivity index (χ1n) is 9.69. The fourth-order valence-electron chi connectivity index (χ4n) is 3.29. The van der Waals surface area contributed by atoms with E-state index in [1.165, 1.54) is 19.0 Å². The van der Waals surface area contributed by atoms with E-state index in [-0.39, 0.29) is 36.4 Å². The van der Waals surface area contributed by atoms with E-state index in [0.717, 1.165) is 44.0 Å². The number of piperidine rings is 1. The molecule has 0 aromatic heterocycles. The maximum atomic E-state index is 13.7. The summed E-state index contributed by atoms with van der Waals surface area (Å²) in [6.45, 7) is 9.38. The summed E-state index contributed by atoms with van der Waals surface area (Å²) in [5.41, 5.74) is 1.55. The number of hydrogen-bond acceptors (Lipinski definition) is 3. The standard InChI is InChI=1S/C20H33FN4O.HI/c1-4-10-25-11-8-18(9-12-25)24-20(22-5-2)23-14-16-6-7-19(21)17(13-16)15-26-3;/h6-7,13,18H,4-5,8-12,14-15H2,1-3H3,(H2,22,23,24);1H. The lowest BCUT2D eigenvalue weighted by molar-refractivity contribution is 0.181. The predicted octanol–water partition coefficient (Wildman–Crippen LogP) is 3.52. The van der Waals surface area contributed by atoms with Crippen LogP contribution in [0.2, 0.25) is 0 Å². The van der Waals surface area contributed by atoms with Gasteiger partial charge in [-0.3, -0.25) is 0 Å². The van der Waals surface area contributed by atoms with Crippen molar-refractivity contribution in [2.75, 3.05) is 33.3 Å². The zero-order valence-electron chi connectivity index (χ0n) is 16.8. The number of likely N-dealkylation sites (tertiary alicyclic amines) is 1. The second-order valence-corrected chi connectivity index (χ2v) is 6.81. The van der Waals surface area contributed by atoms with Gasteiger partial charge in [-0.2, -0.15) is 0 Å². The van der Waals surface area contributed by atoms with E-state index in [1.807, 2.05) is 6.07 Å². The lowest BCUT2D eigenvalue weighted by atomic mass is 10.1. The first-order chi connectivity index (χ1) is 12.7. The molecular weight excluding hydrogens is 458 g/mol. The van der Waals surface area contributed by atoms with E-state index in [1.54, 1.807) is 13.2 Å². The highest BCUT2D eigenvalue weighted by Gasteiger charge is 2.19. The first-order valence-corrected chi connectivity index (χ1v) is 9.69. The van der Waals surface area contributed by atoms with Gasteiger partial charge in [0.2, 0.25) is 0 Å². The van der Waals surface area contributed by atoms with Crippen LogP contribution >= 0.6 is 24.0 Å². The minimum atomic E-state index is -0.233. The Kier molecular flexibility index (Phi) is 11.9. The monoisotopic (exact) mass is 492 g/mol. The summed E-state index contributed by atoms with van der Waals surface area (Å²) in [4.78, 5) is 7.21. The number of nitrogens with zero attached hydrogens (tertiary/aromatic N) is 2. The van der Waals surface area contributed by atoms with E-state index in [4.69, 9.17) is 4.74 Å². The lowest BCUT2D eigenvalue weighted by Gasteiger charge is -2.32. The Labute approximate surface area is 180 Å². The smallest absolute Gasteiger partial charge is 0.191 e. The van der Waals surface area contributed by atoms with E-state index >= 15 is 0 Å². The Morgan fingerprint density at radius 2 is 2.04 bits per heavy atom. The second-order valence-electron chi connectivity index (χ2n) is 6.81. The minimum Gasteiger partial charge on any atom is -0.380 e. The molecule has 0 spiro atoms. The van der Waals surface area contributed by atoms with Gasteiger partial charge in [0.25, 0.3) is 0 Å². The Balaban J connectivity index is 0.00000364. The van der Waals surface area contributed by atoms with Gasteiger partial charge in [-0.15, -0.1) is 24.0 Å². The van der Waals surface area contributed by atoms with Crippen molar-refractivity contribution in [3.63, 3.8) is 0 Å². The van der Waals surface area contributed by atoms with Gasteiger partial charge in [0, 0.05) is 38.3 Å². The molecule has 1 saturated heterocycles. The summed E-state index contributed by atoms with van der Waals surface area (Å²) in [7, 11) is 1.57. The average Bonchev–Trinajstić information content (AvgIpc) is 2.64. The molecule has 1 heterocycles. The molecule has 2 rings (SSSR count). The molecule has 0 atom stereocenters. The van der Waals surface area contributed by atoms with Crippen LogP contribution in [-0.2, 0) is 17.9 Å². The molecular formula is C20H34FIN4O. The number of guanidine groups is 1. The molecule has 7 heteroatoms. The third-order valence-electron chi connectivity index (χ3n) is 4.64. The molecule has 1 aromatic rings. The van der Waals surface area contributed by atoms with Crippen molar-refractivity contribution in [1.82, 2.24) is 15.5 Å². The molecule has 0 unspecified atom stereocenters. The van der Waals surface area contributed by atoms with Crippen LogP contribution in [-0.4, -0.2) is 50.2 Å². The Morgan fingerprint density at radius 1 is 1.30 bits per heavy atom. The van der Waals surface area contributed by atoms with E-state index in [2.05, 4.69) is 34.4 Å². The molecule has 0 radical (unpaired) electrons. The Hall–Kier alpha value is -0.930. The highest BCUT2D eigenvalue weighted by molar-refractivity contribution is 14.0. The Bertz CT molecular complexity index is 577. The van der Waals surface area contributed by atoms with Crippen molar-refractivity contribution in [3.05, 3.63) is 35.1 Å². The molecule has 0 amide bonds. The van der Waals surface area contributed by atoms with Gasteiger partial charge in [-0.25, -0.2) is 9.38 Å². The van der Waals surface area contributed by atoms with Crippen LogP contribution in [0.5, 0.6) is 0 Å². The quantitative estimate of drug-likeness (QED) is 0.331. The molecule has 1 aliphatic rings. The number of benzene rings is 1. The number of aliphatic imine (C=N–C) groups is 1. The number of methoxy groups -OCH3 is 1. The average molecular weight is 492 g/mol. The largest absolute Gasteiger partial charge is 0.380 e. The predicted molar refractivity (Wildman–Crippen MR) is 120 cm³/mol. The molecule has 1 aliphatic heterocycles. The van der Waals surface area contributed by atoms with E-state index < -0.39 is 0 Å². The third-order valence-corrected chi connectivity index (χ3v) is 4.64. The van der Waals surface area contributed by atoms with Crippen LogP contribution in [0.1, 0.15) is 44.2 Å². The zero-order valence-corrected chi connectivity index (χ0v) is 19.1. The fourth-order valence-corrected chi connectivity index (χ4v) is 3.29. The maximum Gasteiger partial charge on any atom is 0.191 e. The van der Waals surface area contributed by atoms with Crippen LogP contribution < -0.4 is 10.6 Å². The topological polar surface area (TPSA) is 48.9 Å². The van der Waals surface area contributed by atoms with Crippen molar-refractivity contribution in [2.24, 2.45) is 4.99 Å². The Morgan fingerprint density at radius 3 is 2.67 bits per heavy atom. The van der Waals surface area contributed by atoms with Gasteiger partial charge < -0.3 is 20.3 Å². The van der Waals surface area contributed by atoms with Crippen LogP contribution in [0.15, 0.2) is 23.2 Å². The molecule has 1 aromatic carbocycles. The van der Waals surface area contributed by atoms with E-state index in [0.29, 0.717) is 18.2 Å². The summed E-state index contributed by atoms with van der Waals surface area (Å²) in [5.74, 6) is 0.600. The number of nitrogens with one attached hydrogen (secondary N) is 2. The van der Waals surface area contributed by atoms with Gasteiger partial charge in [0.05, 0.1) is 13.2 Å². The van der Waals surface area contributed by atoms with Crippen molar-refractivity contribution in [1.29, 1.82) is 0 Å². The van der Waals surface area contributed by atoms with Crippen molar-refractivity contribution < 1.29 is 9.13 Å². The first kappa shape index (κ1) is 24.1. The molecule has 0 bridgehead atoms. The normalized spacial score (nSPS) is 16.1. The molecule has 0 aliphatic carbocycles. The van der Waals surface area contributed by atoms with Crippen LogP contribution in [0.3, 0.4) is 0 Å². The van der Waals surface area contributed by atoms with E-state index in [9.17, 15) is 4.39 Å². The fraction of sp³-hybridized carbons (Fsp3) is 0.650. The van der Waals surface area contributed by atoms with Gasteiger partial charge in [-0.05, 0) is 50.4 Å². The molecule has 154 valence electrons. The second kappa shape index (κ2) is 13.3. The molecule has 0 saturated carbocycles. The SMILES string of the molecule is CCCN1CCC(NC(=NCc2ccc(F)c(COC)c2)NCC)CC1.I. The molecule has 27 heavy (non-hydrogen) atoms. The highest BCUT2D eigenvalue weighted by atomic mass is 127.